The summed E-state index contributed by atoms with van der Waals surface area (Å²) in [7, 11) is 0. The Balaban J connectivity index is 1.50. The summed E-state index contributed by atoms with van der Waals surface area (Å²) in [5, 5.41) is 6.02. The van der Waals surface area contributed by atoms with Crippen LogP contribution in [0.4, 0.5) is 5.69 Å². The number of fused-ring (bicyclic) bond motifs is 3. The Morgan fingerprint density at radius 3 is 2.73 bits per heavy atom. The van der Waals surface area contributed by atoms with E-state index in [2.05, 4.69) is 54.0 Å². The van der Waals surface area contributed by atoms with E-state index in [0.29, 0.717) is 17.9 Å². The van der Waals surface area contributed by atoms with Crippen molar-refractivity contribution >= 4 is 17.0 Å². The number of hydrogen-bond acceptors (Lipinski definition) is 3. The first-order chi connectivity index (χ1) is 12.8. The van der Waals surface area contributed by atoms with Gasteiger partial charge in [0.2, 0.25) is 0 Å². The number of hydrogen-bond donors (Lipinski definition) is 1. The van der Waals surface area contributed by atoms with Crippen molar-refractivity contribution in [3.05, 3.63) is 88.1 Å². The third kappa shape index (κ3) is 2.63. The largest absolute Gasteiger partial charge is 0.457 e. The topological polar surface area (TPSA) is 21.3 Å². The first-order valence-corrected chi connectivity index (χ1v) is 10.0. The Bertz CT molecular complexity index is 959. The monoisotopic (exact) mass is 359 g/mol. The van der Waals surface area contributed by atoms with Gasteiger partial charge in [0, 0.05) is 16.5 Å². The lowest BCUT2D eigenvalue weighted by Gasteiger charge is -2.37. The molecule has 5 rings (SSSR count). The number of aryl methyl sites for hydroxylation is 1. The molecule has 26 heavy (non-hydrogen) atoms. The zero-order valence-corrected chi connectivity index (χ0v) is 15.5. The van der Waals surface area contributed by atoms with E-state index in [-0.39, 0.29) is 0 Å². The van der Waals surface area contributed by atoms with Crippen LogP contribution in [0.2, 0.25) is 0 Å². The van der Waals surface area contributed by atoms with Gasteiger partial charge in [-0.15, -0.1) is 11.3 Å². The average molecular weight is 359 g/mol. The molecule has 3 aromatic rings. The molecule has 2 aliphatic rings. The lowest BCUT2D eigenvalue weighted by molar-refractivity contribution is 0.425. The molecule has 0 saturated heterocycles. The summed E-state index contributed by atoms with van der Waals surface area (Å²) < 4.78 is 6.06. The third-order valence-corrected chi connectivity index (χ3v) is 6.60. The molecule has 2 nitrogen and oxygen atoms in total. The van der Waals surface area contributed by atoms with Crippen molar-refractivity contribution in [3.63, 3.8) is 0 Å². The molecule has 0 bridgehead atoms. The first kappa shape index (κ1) is 15.7. The summed E-state index contributed by atoms with van der Waals surface area (Å²) in [6.07, 6.45) is 5.85. The Morgan fingerprint density at radius 2 is 1.92 bits per heavy atom. The number of benzene rings is 2. The number of ether oxygens (including phenoxy) is 1. The lowest BCUT2D eigenvalue weighted by atomic mass is 9.78. The van der Waals surface area contributed by atoms with Crippen molar-refractivity contribution in [3.8, 4) is 11.5 Å². The van der Waals surface area contributed by atoms with E-state index in [4.69, 9.17) is 4.74 Å². The Kier molecular flexibility index (Phi) is 3.83. The maximum atomic E-state index is 6.06. The van der Waals surface area contributed by atoms with Crippen LogP contribution < -0.4 is 10.1 Å². The van der Waals surface area contributed by atoms with Crippen LogP contribution in [0.1, 0.15) is 34.4 Å². The summed E-state index contributed by atoms with van der Waals surface area (Å²) in [4.78, 5) is 1.47. The second-order valence-corrected chi connectivity index (χ2v) is 8.06. The maximum Gasteiger partial charge on any atom is 0.127 e. The van der Waals surface area contributed by atoms with Crippen LogP contribution in [-0.2, 0) is 0 Å². The number of anilines is 1. The highest BCUT2D eigenvalue weighted by atomic mass is 32.1. The Morgan fingerprint density at radius 1 is 1.04 bits per heavy atom. The predicted molar refractivity (Wildman–Crippen MR) is 108 cm³/mol. The molecule has 3 unspecified atom stereocenters. The van der Waals surface area contributed by atoms with Crippen molar-refractivity contribution in [2.24, 2.45) is 5.92 Å². The minimum Gasteiger partial charge on any atom is -0.457 e. The summed E-state index contributed by atoms with van der Waals surface area (Å²) in [6, 6.07) is 19.1. The van der Waals surface area contributed by atoms with Gasteiger partial charge in [0.25, 0.3) is 0 Å². The zero-order chi connectivity index (χ0) is 17.5. The Hall–Kier alpha value is -2.52. The molecule has 1 aromatic heterocycles. The molecule has 3 heteroatoms. The molecule has 2 aromatic carbocycles. The van der Waals surface area contributed by atoms with Crippen molar-refractivity contribution in [2.45, 2.75) is 25.3 Å². The standard InChI is InChI=1S/C23H21NOS/c1-15-12-13-26-23(15)22-19-9-5-8-18(19)20-14-17(10-11-21(20)24-22)25-16-6-3-2-4-7-16/h2-8,10-14,18-19,22,24H,9H2,1H3. The lowest BCUT2D eigenvalue weighted by Crippen LogP contribution is -2.28. The molecule has 0 radical (unpaired) electrons. The van der Waals surface area contributed by atoms with Crippen LogP contribution in [0.25, 0.3) is 0 Å². The molecular formula is C23H21NOS. The van der Waals surface area contributed by atoms with Crippen molar-refractivity contribution in [1.82, 2.24) is 0 Å². The molecule has 0 fully saturated rings. The van der Waals surface area contributed by atoms with E-state index in [9.17, 15) is 0 Å². The van der Waals surface area contributed by atoms with Crippen LogP contribution in [0.5, 0.6) is 11.5 Å². The number of rotatable bonds is 3. The van der Waals surface area contributed by atoms with Crippen molar-refractivity contribution in [1.29, 1.82) is 0 Å². The van der Waals surface area contributed by atoms with Gasteiger partial charge in [-0.05, 0) is 72.2 Å². The molecule has 0 spiro atoms. The van der Waals surface area contributed by atoms with E-state index in [1.165, 1.54) is 21.7 Å². The predicted octanol–water partition coefficient (Wildman–Crippen LogP) is 6.68. The molecule has 0 amide bonds. The highest BCUT2D eigenvalue weighted by Crippen LogP contribution is 2.51. The minimum atomic E-state index is 0.392. The smallest absolute Gasteiger partial charge is 0.127 e. The van der Waals surface area contributed by atoms with Gasteiger partial charge in [-0.2, -0.15) is 0 Å². The van der Waals surface area contributed by atoms with E-state index in [1.807, 2.05) is 41.7 Å². The van der Waals surface area contributed by atoms with Gasteiger partial charge in [-0.3, -0.25) is 0 Å². The second-order valence-electron chi connectivity index (χ2n) is 7.11. The number of nitrogens with one attached hydrogen (secondary N) is 1. The van der Waals surface area contributed by atoms with Crippen LogP contribution in [0.3, 0.4) is 0 Å². The highest BCUT2D eigenvalue weighted by Gasteiger charge is 2.39. The molecule has 1 aliphatic carbocycles. The van der Waals surface area contributed by atoms with Crippen LogP contribution in [0.15, 0.2) is 72.1 Å². The summed E-state index contributed by atoms with van der Waals surface area (Å²) in [5.74, 6) is 2.81. The van der Waals surface area contributed by atoms with Crippen LogP contribution in [0, 0.1) is 12.8 Å². The van der Waals surface area contributed by atoms with Gasteiger partial charge in [-0.25, -0.2) is 0 Å². The van der Waals surface area contributed by atoms with Gasteiger partial charge in [0.1, 0.15) is 11.5 Å². The summed E-state index contributed by atoms with van der Waals surface area (Å²) >= 11 is 1.87. The molecule has 3 atom stereocenters. The van der Waals surface area contributed by atoms with E-state index < -0.39 is 0 Å². The van der Waals surface area contributed by atoms with Crippen molar-refractivity contribution in [2.75, 3.05) is 5.32 Å². The molecule has 1 N–H and O–H groups in total. The van der Waals surface area contributed by atoms with Gasteiger partial charge in [-0.1, -0.05) is 30.4 Å². The normalized spacial score (nSPS) is 23.2. The van der Waals surface area contributed by atoms with E-state index >= 15 is 0 Å². The van der Waals surface area contributed by atoms with Crippen molar-refractivity contribution < 1.29 is 4.74 Å². The zero-order valence-electron chi connectivity index (χ0n) is 14.7. The highest BCUT2D eigenvalue weighted by molar-refractivity contribution is 7.10. The second kappa shape index (κ2) is 6.33. The molecule has 130 valence electrons. The van der Waals surface area contributed by atoms with Gasteiger partial charge in [0.05, 0.1) is 6.04 Å². The van der Waals surface area contributed by atoms with E-state index in [1.54, 1.807) is 0 Å². The molecule has 2 heterocycles. The summed E-state index contributed by atoms with van der Waals surface area (Å²) in [5.41, 5.74) is 3.98. The minimum absolute atomic E-state index is 0.392. The fraction of sp³-hybridized carbons (Fsp3) is 0.217. The van der Waals surface area contributed by atoms with Crippen LogP contribution >= 0.6 is 11.3 Å². The fourth-order valence-corrected chi connectivity index (χ4v) is 5.28. The van der Waals surface area contributed by atoms with Gasteiger partial charge in [0.15, 0.2) is 0 Å². The maximum absolute atomic E-state index is 6.06. The fourth-order valence-electron chi connectivity index (χ4n) is 4.22. The average Bonchev–Trinajstić information content (AvgIpc) is 3.31. The van der Waals surface area contributed by atoms with E-state index in [0.717, 1.165) is 17.9 Å². The molecule has 1 aliphatic heterocycles. The quantitative estimate of drug-likeness (QED) is 0.527. The first-order valence-electron chi connectivity index (χ1n) is 9.13. The number of thiophene rings is 1. The Labute approximate surface area is 158 Å². The number of para-hydroxylation sites is 1. The van der Waals surface area contributed by atoms with Gasteiger partial charge >= 0.3 is 0 Å². The summed E-state index contributed by atoms with van der Waals surface area (Å²) in [6.45, 7) is 2.22. The van der Waals surface area contributed by atoms with Crippen LogP contribution in [-0.4, -0.2) is 0 Å². The third-order valence-electron chi connectivity index (χ3n) is 5.50. The SMILES string of the molecule is Cc1ccsc1C1Nc2ccc(Oc3ccccc3)cc2C2C=CCC21. The van der Waals surface area contributed by atoms with Gasteiger partial charge < -0.3 is 10.1 Å². The molecular weight excluding hydrogens is 338 g/mol. The number of allylic oxidation sites excluding steroid dienone is 2. The molecule has 0 saturated carbocycles.